The fourth-order valence-corrected chi connectivity index (χ4v) is 2.53. The van der Waals surface area contributed by atoms with Gasteiger partial charge in [-0.15, -0.1) is 0 Å². The molecule has 0 bridgehead atoms. The number of anilines is 1. The van der Waals surface area contributed by atoms with Gasteiger partial charge in [-0.3, -0.25) is 9.59 Å². The number of rotatable bonds is 9. The topological polar surface area (TPSA) is 58.2 Å². The van der Waals surface area contributed by atoms with Crippen molar-refractivity contribution in [3.63, 3.8) is 0 Å². The Labute approximate surface area is 150 Å². The molecule has 0 aliphatic heterocycles. The standard InChI is InChI=1S/C19H29ClN2O2/c1-5-7-8-14(6-2)19(24)22-17-11-15(9-10-16(17)20)18(23)21-12-13(3)4/h9-11,13-14H,5-8,12H2,1-4H3,(H,21,23)(H,22,24)/t14-/m0/s1. The van der Waals surface area contributed by atoms with Gasteiger partial charge in [0, 0.05) is 18.0 Å². The predicted octanol–water partition coefficient (Wildman–Crippen LogP) is 4.88. The number of halogens is 1. The molecule has 0 heterocycles. The van der Waals surface area contributed by atoms with E-state index in [4.69, 9.17) is 11.6 Å². The summed E-state index contributed by atoms with van der Waals surface area (Å²) in [6.07, 6.45) is 3.75. The summed E-state index contributed by atoms with van der Waals surface area (Å²) in [5.41, 5.74) is 0.991. The molecule has 0 fully saturated rings. The number of carbonyl (C=O) groups excluding carboxylic acids is 2. The van der Waals surface area contributed by atoms with Gasteiger partial charge < -0.3 is 10.6 Å². The molecule has 0 unspecified atom stereocenters. The Kier molecular flexibility index (Phi) is 8.83. The van der Waals surface area contributed by atoms with Crippen LogP contribution in [0.2, 0.25) is 5.02 Å². The SMILES string of the molecule is CCCC[C@H](CC)C(=O)Nc1cc(C(=O)NCC(C)C)ccc1Cl. The zero-order valence-electron chi connectivity index (χ0n) is 15.1. The lowest BCUT2D eigenvalue weighted by atomic mass is 9.98. The van der Waals surface area contributed by atoms with Gasteiger partial charge in [-0.1, -0.05) is 52.1 Å². The van der Waals surface area contributed by atoms with Crippen LogP contribution in [-0.4, -0.2) is 18.4 Å². The highest BCUT2D eigenvalue weighted by Crippen LogP contribution is 2.25. The predicted molar refractivity (Wildman–Crippen MR) is 101 cm³/mol. The molecule has 1 aromatic carbocycles. The summed E-state index contributed by atoms with van der Waals surface area (Å²) >= 11 is 6.18. The lowest BCUT2D eigenvalue weighted by Gasteiger charge is -2.16. The fourth-order valence-electron chi connectivity index (χ4n) is 2.37. The molecule has 0 aliphatic rings. The van der Waals surface area contributed by atoms with Crippen LogP contribution in [0.25, 0.3) is 0 Å². The lowest BCUT2D eigenvalue weighted by Crippen LogP contribution is -2.27. The van der Waals surface area contributed by atoms with Crippen LogP contribution >= 0.6 is 11.6 Å². The van der Waals surface area contributed by atoms with Crippen LogP contribution in [0.15, 0.2) is 18.2 Å². The maximum Gasteiger partial charge on any atom is 0.251 e. The second kappa shape index (κ2) is 10.3. The van der Waals surface area contributed by atoms with Crippen LogP contribution < -0.4 is 10.6 Å². The van der Waals surface area contributed by atoms with E-state index in [0.717, 1.165) is 25.7 Å². The Balaban J connectivity index is 2.82. The third kappa shape index (κ3) is 6.52. The first-order chi connectivity index (χ1) is 11.4. The molecule has 0 radical (unpaired) electrons. The molecule has 1 rings (SSSR count). The largest absolute Gasteiger partial charge is 0.352 e. The summed E-state index contributed by atoms with van der Waals surface area (Å²) in [5, 5.41) is 6.18. The van der Waals surface area contributed by atoms with Gasteiger partial charge in [0.25, 0.3) is 5.91 Å². The van der Waals surface area contributed by atoms with Crippen LogP contribution in [0.1, 0.15) is 63.7 Å². The number of carbonyl (C=O) groups is 2. The molecule has 134 valence electrons. The number of hydrogen-bond acceptors (Lipinski definition) is 2. The maximum absolute atomic E-state index is 12.4. The molecule has 5 heteroatoms. The van der Waals surface area contributed by atoms with Gasteiger partial charge in [0.2, 0.25) is 5.91 Å². The van der Waals surface area contributed by atoms with Gasteiger partial charge in [0.05, 0.1) is 10.7 Å². The highest BCUT2D eigenvalue weighted by molar-refractivity contribution is 6.33. The van der Waals surface area contributed by atoms with E-state index in [0.29, 0.717) is 28.7 Å². The Hall–Kier alpha value is -1.55. The average Bonchev–Trinajstić information content (AvgIpc) is 2.55. The monoisotopic (exact) mass is 352 g/mol. The number of amides is 2. The lowest BCUT2D eigenvalue weighted by molar-refractivity contribution is -0.120. The van der Waals surface area contributed by atoms with Crippen molar-refractivity contribution in [2.24, 2.45) is 11.8 Å². The minimum absolute atomic E-state index is 0.0283. The van der Waals surface area contributed by atoms with E-state index in [1.54, 1.807) is 18.2 Å². The van der Waals surface area contributed by atoms with Crippen molar-refractivity contribution in [2.45, 2.75) is 53.4 Å². The van der Waals surface area contributed by atoms with Crippen molar-refractivity contribution >= 4 is 29.1 Å². The number of benzene rings is 1. The van der Waals surface area contributed by atoms with Crippen molar-refractivity contribution in [3.05, 3.63) is 28.8 Å². The van der Waals surface area contributed by atoms with Crippen LogP contribution in [0.4, 0.5) is 5.69 Å². The molecule has 0 saturated heterocycles. The first kappa shape index (κ1) is 20.5. The molecular formula is C19H29ClN2O2. The molecule has 0 aliphatic carbocycles. The van der Waals surface area contributed by atoms with Crippen molar-refractivity contribution in [1.82, 2.24) is 5.32 Å². The van der Waals surface area contributed by atoms with Crippen LogP contribution in [0, 0.1) is 11.8 Å². The van der Waals surface area contributed by atoms with Gasteiger partial charge in [-0.25, -0.2) is 0 Å². The zero-order valence-corrected chi connectivity index (χ0v) is 15.9. The molecule has 1 atom stereocenters. The van der Waals surface area contributed by atoms with E-state index in [1.807, 2.05) is 20.8 Å². The van der Waals surface area contributed by atoms with Gasteiger partial charge in [-0.2, -0.15) is 0 Å². The maximum atomic E-state index is 12.4. The second-order valence-corrected chi connectivity index (χ2v) is 6.94. The van der Waals surface area contributed by atoms with E-state index in [9.17, 15) is 9.59 Å². The van der Waals surface area contributed by atoms with E-state index in [2.05, 4.69) is 17.6 Å². The van der Waals surface area contributed by atoms with E-state index >= 15 is 0 Å². The molecule has 2 N–H and O–H groups in total. The van der Waals surface area contributed by atoms with Crippen molar-refractivity contribution in [1.29, 1.82) is 0 Å². The first-order valence-corrected chi connectivity index (χ1v) is 9.15. The first-order valence-electron chi connectivity index (χ1n) is 8.77. The average molecular weight is 353 g/mol. The molecule has 0 aromatic heterocycles. The minimum Gasteiger partial charge on any atom is -0.352 e. The fraction of sp³-hybridized carbons (Fsp3) is 0.579. The van der Waals surface area contributed by atoms with E-state index in [1.165, 1.54) is 0 Å². The summed E-state index contributed by atoms with van der Waals surface area (Å²) in [4.78, 5) is 24.6. The van der Waals surface area contributed by atoms with E-state index < -0.39 is 0 Å². The normalized spacial score (nSPS) is 12.1. The molecular weight excluding hydrogens is 324 g/mol. The van der Waals surface area contributed by atoms with Crippen LogP contribution in [-0.2, 0) is 4.79 Å². The number of nitrogens with one attached hydrogen (secondary N) is 2. The van der Waals surface area contributed by atoms with E-state index in [-0.39, 0.29) is 17.7 Å². The van der Waals surface area contributed by atoms with Crippen molar-refractivity contribution < 1.29 is 9.59 Å². The Morgan fingerprint density at radius 1 is 1.21 bits per heavy atom. The summed E-state index contributed by atoms with van der Waals surface area (Å²) in [7, 11) is 0. The molecule has 0 saturated carbocycles. The smallest absolute Gasteiger partial charge is 0.251 e. The molecule has 2 amide bonds. The molecule has 4 nitrogen and oxygen atoms in total. The Morgan fingerprint density at radius 3 is 2.50 bits per heavy atom. The molecule has 24 heavy (non-hydrogen) atoms. The summed E-state index contributed by atoms with van der Waals surface area (Å²) in [6, 6.07) is 4.96. The third-order valence-electron chi connectivity index (χ3n) is 3.93. The van der Waals surface area contributed by atoms with Gasteiger partial charge >= 0.3 is 0 Å². The summed E-state index contributed by atoms with van der Waals surface area (Å²) in [6.45, 7) is 8.81. The number of hydrogen-bond donors (Lipinski definition) is 2. The van der Waals surface area contributed by atoms with Gasteiger partial charge in [0.15, 0.2) is 0 Å². The van der Waals surface area contributed by atoms with Gasteiger partial charge in [0.1, 0.15) is 0 Å². The van der Waals surface area contributed by atoms with Crippen LogP contribution in [0.3, 0.4) is 0 Å². The second-order valence-electron chi connectivity index (χ2n) is 6.54. The zero-order chi connectivity index (χ0) is 18.1. The Morgan fingerprint density at radius 2 is 1.92 bits per heavy atom. The van der Waals surface area contributed by atoms with Gasteiger partial charge in [-0.05, 0) is 37.0 Å². The minimum atomic E-state index is -0.158. The molecule has 0 spiro atoms. The van der Waals surface area contributed by atoms with Crippen molar-refractivity contribution in [2.75, 3.05) is 11.9 Å². The highest BCUT2D eigenvalue weighted by atomic mass is 35.5. The number of unbranched alkanes of at least 4 members (excludes halogenated alkanes) is 1. The summed E-state index contributed by atoms with van der Waals surface area (Å²) < 4.78 is 0. The quantitative estimate of drug-likeness (QED) is 0.665. The third-order valence-corrected chi connectivity index (χ3v) is 4.26. The van der Waals surface area contributed by atoms with Crippen molar-refractivity contribution in [3.8, 4) is 0 Å². The summed E-state index contributed by atoms with van der Waals surface area (Å²) in [5.74, 6) is 0.158. The Bertz CT molecular complexity index is 558. The molecule has 1 aromatic rings. The highest BCUT2D eigenvalue weighted by Gasteiger charge is 2.18. The van der Waals surface area contributed by atoms with Crippen LogP contribution in [0.5, 0.6) is 0 Å².